The predicted octanol–water partition coefficient (Wildman–Crippen LogP) is 3.35. The smallest absolute Gasteiger partial charge is 0.125 e. The summed E-state index contributed by atoms with van der Waals surface area (Å²) in [4.78, 5) is 2.37. The van der Waals surface area contributed by atoms with Gasteiger partial charge in [0.2, 0.25) is 0 Å². The van der Waals surface area contributed by atoms with Crippen LogP contribution in [-0.2, 0) is 0 Å². The number of nitrogens with one attached hydrogen (secondary N) is 1. The molecule has 0 aromatic heterocycles. The molecule has 1 heterocycles. The molecule has 106 valence electrons. The molecular weight excluding hydrogens is 239 g/mol. The molecule has 1 fully saturated rings. The summed E-state index contributed by atoms with van der Waals surface area (Å²) in [7, 11) is 0. The second kappa shape index (κ2) is 5.91. The molecule has 0 bridgehead atoms. The van der Waals surface area contributed by atoms with Crippen LogP contribution in [0.1, 0.15) is 32.8 Å². The minimum atomic E-state index is -0.135. The molecule has 2 unspecified atom stereocenters. The largest absolute Gasteiger partial charge is 0.366 e. The quantitative estimate of drug-likeness (QED) is 0.900. The first-order chi connectivity index (χ1) is 9.01. The second-order valence-electron chi connectivity index (χ2n) is 5.96. The van der Waals surface area contributed by atoms with E-state index in [-0.39, 0.29) is 5.82 Å². The van der Waals surface area contributed by atoms with E-state index in [1.807, 2.05) is 6.92 Å². The number of piperazine rings is 1. The molecule has 0 amide bonds. The van der Waals surface area contributed by atoms with Crippen LogP contribution in [0.3, 0.4) is 0 Å². The van der Waals surface area contributed by atoms with Gasteiger partial charge < -0.3 is 10.2 Å². The Hall–Kier alpha value is -1.09. The van der Waals surface area contributed by atoms with Crippen LogP contribution in [0.25, 0.3) is 0 Å². The Balaban J connectivity index is 2.26. The maximum absolute atomic E-state index is 13.6. The van der Waals surface area contributed by atoms with E-state index in [2.05, 4.69) is 37.1 Å². The molecule has 2 atom stereocenters. The minimum absolute atomic E-state index is 0.135. The van der Waals surface area contributed by atoms with Crippen molar-refractivity contribution in [3.05, 3.63) is 29.6 Å². The molecular formula is C16H25FN2. The molecule has 1 aromatic carbocycles. The molecule has 1 aliphatic rings. The SMILES string of the molecule is CCC1CNC(C(C)C)CN1c1cc(C)cc(F)c1. The third-order valence-corrected chi connectivity index (χ3v) is 4.08. The molecule has 0 spiro atoms. The molecule has 3 heteroatoms. The molecule has 1 aliphatic heterocycles. The van der Waals surface area contributed by atoms with Gasteiger partial charge in [0.25, 0.3) is 0 Å². The zero-order chi connectivity index (χ0) is 14.0. The average Bonchev–Trinajstić information content (AvgIpc) is 2.36. The van der Waals surface area contributed by atoms with E-state index >= 15 is 0 Å². The lowest BCUT2D eigenvalue weighted by atomic mass is 9.97. The highest BCUT2D eigenvalue weighted by molar-refractivity contribution is 5.50. The van der Waals surface area contributed by atoms with E-state index in [0.29, 0.717) is 18.0 Å². The van der Waals surface area contributed by atoms with E-state index in [4.69, 9.17) is 0 Å². The van der Waals surface area contributed by atoms with Crippen molar-refractivity contribution in [1.29, 1.82) is 0 Å². The second-order valence-corrected chi connectivity index (χ2v) is 5.96. The van der Waals surface area contributed by atoms with E-state index in [0.717, 1.165) is 30.8 Å². The summed E-state index contributed by atoms with van der Waals surface area (Å²) in [5.74, 6) is 0.458. The summed E-state index contributed by atoms with van der Waals surface area (Å²) >= 11 is 0. The number of aryl methyl sites for hydroxylation is 1. The fourth-order valence-electron chi connectivity index (χ4n) is 2.83. The summed E-state index contributed by atoms with van der Waals surface area (Å²) < 4.78 is 13.6. The number of hydrogen-bond donors (Lipinski definition) is 1. The van der Waals surface area contributed by atoms with Crippen molar-refractivity contribution in [1.82, 2.24) is 5.32 Å². The number of benzene rings is 1. The van der Waals surface area contributed by atoms with Gasteiger partial charge in [0.1, 0.15) is 5.82 Å². The Bertz CT molecular complexity index is 411. The van der Waals surface area contributed by atoms with Gasteiger partial charge >= 0.3 is 0 Å². The van der Waals surface area contributed by atoms with Gasteiger partial charge in [0.15, 0.2) is 0 Å². The van der Waals surface area contributed by atoms with Crippen LogP contribution in [0, 0.1) is 18.7 Å². The standard InChI is InChI=1S/C16H25FN2/c1-5-14-9-18-16(11(2)3)10-19(14)15-7-12(4)6-13(17)8-15/h6-8,11,14,16,18H,5,9-10H2,1-4H3. The van der Waals surface area contributed by atoms with Crippen LogP contribution in [-0.4, -0.2) is 25.2 Å². The molecule has 0 aliphatic carbocycles. The van der Waals surface area contributed by atoms with Crippen LogP contribution in [0.2, 0.25) is 0 Å². The van der Waals surface area contributed by atoms with Crippen LogP contribution < -0.4 is 10.2 Å². The normalized spacial score (nSPS) is 24.0. The highest BCUT2D eigenvalue weighted by Crippen LogP contribution is 2.25. The Morgan fingerprint density at radius 2 is 2.11 bits per heavy atom. The van der Waals surface area contributed by atoms with E-state index in [1.165, 1.54) is 0 Å². The van der Waals surface area contributed by atoms with Gasteiger partial charge in [-0.2, -0.15) is 0 Å². The fraction of sp³-hybridized carbons (Fsp3) is 0.625. The first-order valence-corrected chi connectivity index (χ1v) is 7.28. The van der Waals surface area contributed by atoms with Gasteiger partial charge in [-0.15, -0.1) is 0 Å². The maximum Gasteiger partial charge on any atom is 0.125 e. The van der Waals surface area contributed by atoms with Gasteiger partial charge in [0.05, 0.1) is 0 Å². The van der Waals surface area contributed by atoms with Gasteiger partial charge in [-0.25, -0.2) is 4.39 Å². The number of nitrogens with zero attached hydrogens (tertiary/aromatic N) is 1. The Morgan fingerprint density at radius 1 is 1.37 bits per heavy atom. The van der Waals surface area contributed by atoms with E-state index < -0.39 is 0 Å². The third-order valence-electron chi connectivity index (χ3n) is 4.08. The Morgan fingerprint density at radius 3 is 2.68 bits per heavy atom. The van der Waals surface area contributed by atoms with Crippen molar-refractivity contribution < 1.29 is 4.39 Å². The predicted molar refractivity (Wildman–Crippen MR) is 79.2 cm³/mol. The molecule has 2 nitrogen and oxygen atoms in total. The summed E-state index contributed by atoms with van der Waals surface area (Å²) in [6, 6.07) is 6.28. The van der Waals surface area contributed by atoms with Gasteiger partial charge in [-0.05, 0) is 43.0 Å². The average molecular weight is 264 g/mol. The number of rotatable bonds is 3. The lowest BCUT2D eigenvalue weighted by Gasteiger charge is -2.43. The van der Waals surface area contributed by atoms with Crippen LogP contribution in [0.4, 0.5) is 10.1 Å². The molecule has 0 radical (unpaired) electrons. The topological polar surface area (TPSA) is 15.3 Å². The maximum atomic E-state index is 13.6. The fourth-order valence-corrected chi connectivity index (χ4v) is 2.83. The minimum Gasteiger partial charge on any atom is -0.366 e. The first kappa shape index (κ1) is 14.3. The molecule has 2 rings (SSSR count). The van der Waals surface area contributed by atoms with Gasteiger partial charge in [-0.3, -0.25) is 0 Å². The lowest BCUT2D eigenvalue weighted by molar-refractivity contribution is 0.325. The van der Waals surface area contributed by atoms with Gasteiger partial charge in [-0.1, -0.05) is 20.8 Å². The molecule has 1 saturated heterocycles. The summed E-state index contributed by atoms with van der Waals surface area (Å²) in [5.41, 5.74) is 2.01. The Kier molecular flexibility index (Phi) is 4.46. The van der Waals surface area contributed by atoms with Crippen molar-refractivity contribution in [2.75, 3.05) is 18.0 Å². The van der Waals surface area contributed by atoms with Crippen molar-refractivity contribution in [3.63, 3.8) is 0 Å². The Labute approximate surface area is 116 Å². The summed E-state index contributed by atoms with van der Waals surface area (Å²) in [6.45, 7) is 10.6. The monoisotopic (exact) mass is 264 g/mol. The molecule has 19 heavy (non-hydrogen) atoms. The highest BCUT2D eigenvalue weighted by Gasteiger charge is 2.28. The van der Waals surface area contributed by atoms with E-state index in [9.17, 15) is 4.39 Å². The van der Waals surface area contributed by atoms with Gasteiger partial charge in [0, 0.05) is 30.9 Å². The lowest BCUT2D eigenvalue weighted by Crippen LogP contribution is -2.58. The van der Waals surface area contributed by atoms with Crippen molar-refractivity contribution in [2.24, 2.45) is 5.92 Å². The summed E-state index contributed by atoms with van der Waals surface area (Å²) in [5, 5.41) is 3.61. The van der Waals surface area contributed by atoms with Crippen LogP contribution >= 0.6 is 0 Å². The third kappa shape index (κ3) is 3.27. The van der Waals surface area contributed by atoms with Crippen molar-refractivity contribution in [2.45, 2.75) is 46.2 Å². The zero-order valence-electron chi connectivity index (χ0n) is 12.4. The highest BCUT2D eigenvalue weighted by atomic mass is 19.1. The molecule has 1 N–H and O–H groups in total. The zero-order valence-corrected chi connectivity index (χ0v) is 12.4. The number of anilines is 1. The van der Waals surface area contributed by atoms with Crippen LogP contribution in [0.5, 0.6) is 0 Å². The molecule has 0 saturated carbocycles. The first-order valence-electron chi connectivity index (χ1n) is 7.28. The van der Waals surface area contributed by atoms with E-state index in [1.54, 1.807) is 12.1 Å². The van der Waals surface area contributed by atoms with Crippen LogP contribution in [0.15, 0.2) is 18.2 Å². The molecule has 1 aromatic rings. The number of halogens is 1. The van der Waals surface area contributed by atoms with Crippen molar-refractivity contribution >= 4 is 5.69 Å². The van der Waals surface area contributed by atoms with Crippen molar-refractivity contribution in [3.8, 4) is 0 Å². The summed E-state index contributed by atoms with van der Waals surface area (Å²) in [6.07, 6.45) is 1.08. The number of hydrogen-bond acceptors (Lipinski definition) is 2.